The van der Waals surface area contributed by atoms with E-state index < -0.39 is 5.97 Å². The first-order chi connectivity index (χ1) is 9.24. The van der Waals surface area contributed by atoms with Crippen LogP contribution in [0.25, 0.3) is 0 Å². The van der Waals surface area contributed by atoms with Gasteiger partial charge in [0.1, 0.15) is 5.69 Å². The fourth-order valence-electron chi connectivity index (χ4n) is 3.68. The molecule has 0 aliphatic heterocycles. The van der Waals surface area contributed by atoms with E-state index in [9.17, 15) is 4.79 Å². The fourth-order valence-corrected chi connectivity index (χ4v) is 3.68. The number of aromatic nitrogens is 1. The van der Waals surface area contributed by atoms with E-state index in [4.69, 9.17) is 5.11 Å². The van der Waals surface area contributed by atoms with Crippen molar-refractivity contribution in [3.05, 3.63) is 58.9 Å². The van der Waals surface area contributed by atoms with E-state index in [1.54, 1.807) is 0 Å². The molecule has 1 heterocycles. The topological polar surface area (TPSA) is 53.1 Å². The molecule has 1 fully saturated rings. The summed E-state index contributed by atoms with van der Waals surface area (Å²) in [5.74, 6) is 1.16. The molecule has 2 aliphatic rings. The van der Waals surface area contributed by atoms with Gasteiger partial charge in [0, 0.05) is 5.69 Å². The Hall–Kier alpha value is -2.03. The van der Waals surface area contributed by atoms with Crippen LogP contribution in [0.2, 0.25) is 0 Å². The Morgan fingerprint density at radius 1 is 1.32 bits per heavy atom. The third-order valence-electron chi connectivity index (χ3n) is 4.61. The van der Waals surface area contributed by atoms with Crippen molar-refractivity contribution in [2.45, 2.75) is 18.8 Å². The normalized spacial score (nSPS) is 26.8. The molecule has 0 spiro atoms. The molecule has 4 rings (SSSR count). The third kappa shape index (κ3) is 1.61. The molecule has 3 atom stereocenters. The lowest BCUT2D eigenvalue weighted by molar-refractivity contribution is 0.0691. The smallest absolute Gasteiger partial charge is 0.352 e. The molecule has 0 bridgehead atoms. The number of rotatable bonds is 3. The van der Waals surface area contributed by atoms with Crippen molar-refractivity contribution in [2.24, 2.45) is 11.8 Å². The summed E-state index contributed by atoms with van der Waals surface area (Å²) < 4.78 is 0. The number of hydrogen-bond donors (Lipinski definition) is 2. The first-order valence-corrected chi connectivity index (χ1v) is 6.73. The first-order valence-electron chi connectivity index (χ1n) is 6.73. The Labute approximate surface area is 111 Å². The van der Waals surface area contributed by atoms with Crippen LogP contribution in [0, 0.1) is 11.8 Å². The SMILES string of the molecule is O=C(O)c1cc2c([nH]1)C[C@@H]1[C@H](Cc3ccccc3)[C@H]21. The van der Waals surface area contributed by atoms with Crippen LogP contribution in [0.3, 0.4) is 0 Å². The quantitative estimate of drug-likeness (QED) is 0.883. The molecule has 2 N–H and O–H groups in total. The lowest BCUT2D eigenvalue weighted by Crippen LogP contribution is -1.98. The van der Waals surface area contributed by atoms with Gasteiger partial charge >= 0.3 is 5.97 Å². The number of aromatic carboxylic acids is 1. The molecule has 1 saturated carbocycles. The van der Waals surface area contributed by atoms with Crippen LogP contribution in [-0.4, -0.2) is 16.1 Å². The molecule has 3 heteroatoms. The minimum Gasteiger partial charge on any atom is -0.477 e. The monoisotopic (exact) mass is 253 g/mol. The van der Waals surface area contributed by atoms with Crippen LogP contribution in [0.5, 0.6) is 0 Å². The summed E-state index contributed by atoms with van der Waals surface area (Å²) >= 11 is 0. The standard InChI is InChI=1S/C16H15NO2/c18-16(19)14-8-12-13(17-14)7-11-10(15(11)12)6-9-4-2-1-3-5-9/h1-5,8,10-11,15,17H,6-7H2,(H,18,19)/t10-,11+,15-/m0/s1. The zero-order valence-corrected chi connectivity index (χ0v) is 10.5. The Kier molecular flexibility index (Phi) is 2.13. The van der Waals surface area contributed by atoms with Gasteiger partial charge in [-0.2, -0.15) is 0 Å². The molecule has 0 amide bonds. The maximum atomic E-state index is 11.0. The molecular formula is C16H15NO2. The summed E-state index contributed by atoms with van der Waals surface area (Å²) in [6.45, 7) is 0. The minimum atomic E-state index is -0.855. The largest absolute Gasteiger partial charge is 0.477 e. The van der Waals surface area contributed by atoms with Crippen LogP contribution in [0.15, 0.2) is 36.4 Å². The van der Waals surface area contributed by atoms with E-state index in [2.05, 4.69) is 29.2 Å². The Morgan fingerprint density at radius 3 is 2.84 bits per heavy atom. The molecule has 3 nitrogen and oxygen atoms in total. The second-order valence-corrected chi connectivity index (χ2v) is 5.67. The number of fused-ring (bicyclic) bond motifs is 3. The minimum absolute atomic E-state index is 0.341. The van der Waals surface area contributed by atoms with Crippen molar-refractivity contribution in [1.82, 2.24) is 4.98 Å². The van der Waals surface area contributed by atoms with Crippen LogP contribution in [0.1, 0.15) is 33.2 Å². The van der Waals surface area contributed by atoms with Gasteiger partial charge in [-0.15, -0.1) is 0 Å². The zero-order chi connectivity index (χ0) is 13.0. The third-order valence-corrected chi connectivity index (χ3v) is 4.61. The molecule has 0 saturated heterocycles. The van der Waals surface area contributed by atoms with E-state index in [0.29, 0.717) is 17.5 Å². The number of carbonyl (C=O) groups is 1. The summed E-state index contributed by atoms with van der Waals surface area (Å²) in [7, 11) is 0. The Morgan fingerprint density at radius 2 is 2.11 bits per heavy atom. The second-order valence-electron chi connectivity index (χ2n) is 5.67. The molecule has 2 aromatic rings. The average Bonchev–Trinajstić information content (AvgIpc) is 2.75. The van der Waals surface area contributed by atoms with Gasteiger partial charge in [-0.1, -0.05) is 30.3 Å². The van der Waals surface area contributed by atoms with Crippen molar-refractivity contribution in [3.63, 3.8) is 0 Å². The zero-order valence-electron chi connectivity index (χ0n) is 10.5. The summed E-state index contributed by atoms with van der Waals surface area (Å²) in [4.78, 5) is 14.0. The second kappa shape index (κ2) is 3.73. The number of hydrogen-bond acceptors (Lipinski definition) is 1. The van der Waals surface area contributed by atoms with E-state index in [1.807, 2.05) is 12.1 Å². The van der Waals surface area contributed by atoms with E-state index >= 15 is 0 Å². The predicted molar refractivity (Wildman–Crippen MR) is 71.3 cm³/mol. The van der Waals surface area contributed by atoms with Crippen molar-refractivity contribution in [2.75, 3.05) is 0 Å². The summed E-state index contributed by atoms with van der Waals surface area (Å²) in [5, 5.41) is 9.01. The van der Waals surface area contributed by atoms with Crippen LogP contribution >= 0.6 is 0 Å². The number of H-pyrrole nitrogens is 1. The Balaban J connectivity index is 1.54. The summed E-state index contributed by atoms with van der Waals surface area (Å²) in [6, 6.07) is 12.4. The molecule has 0 radical (unpaired) electrons. The Bertz CT molecular complexity index is 644. The van der Waals surface area contributed by atoms with Gasteiger partial charge in [0.2, 0.25) is 0 Å². The first kappa shape index (κ1) is 10.9. The highest BCUT2D eigenvalue weighted by Gasteiger charge is 2.55. The lowest BCUT2D eigenvalue weighted by Gasteiger charge is -2.03. The van der Waals surface area contributed by atoms with Gasteiger partial charge in [-0.25, -0.2) is 4.79 Å². The molecule has 19 heavy (non-hydrogen) atoms. The number of carboxylic acids is 1. The van der Waals surface area contributed by atoms with Gasteiger partial charge < -0.3 is 10.1 Å². The predicted octanol–water partition coefficient (Wildman–Crippen LogP) is 2.84. The molecular weight excluding hydrogens is 238 g/mol. The molecule has 1 aromatic carbocycles. The van der Waals surface area contributed by atoms with Crippen molar-refractivity contribution >= 4 is 5.97 Å². The van der Waals surface area contributed by atoms with E-state index in [0.717, 1.165) is 24.5 Å². The highest BCUT2D eigenvalue weighted by molar-refractivity contribution is 5.86. The molecule has 0 unspecified atom stereocenters. The van der Waals surface area contributed by atoms with Gasteiger partial charge in [-0.3, -0.25) is 0 Å². The number of carboxylic acid groups (broad SMARTS) is 1. The van der Waals surface area contributed by atoms with Crippen molar-refractivity contribution < 1.29 is 9.90 Å². The molecule has 96 valence electrons. The highest BCUT2D eigenvalue weighted by atomic mass is 16.4. The lowest BCUT2D eigenvalue weighted by atomic mass is 10.0. The van der Waals surface area contributed by atoms with Crippen molar-refractivity contribution in [1.29, 1.82) is 0 Å². The van der Waals surface area contributed by atoms with E-state index in [1.165, 1.54) is 11.1 Å². The van der Waals surface area contributed by atoms with Gasteiger partial charge in [0.15, 0.2) is 0 Å². The van der Waals surface area contributed by atoms with Gasteiger partial charge in [-0.05, 0) is 47.8 Å². The van der Waals surface area contributed by atoms with Crippen LogP contribution in [-0.2, 0) is 12.8 Å². The van der Waals surface area contributed by atoms with Crippen LogP contribution < -0.4 is 0 Å². The molecule has 2 aliphatic carbocycles. The maximum Gasteiger partial charge on any atom is 0.352 e. The van der Waals surface area contributed by atoms with Gasteiger partial charge in [0.25, 0.3) is 0 Å². The van der Waals surface area contributed by atoms with Crippen molar-refractivity contribution in [3.8, 4) is 0 Å². The fraction of sp³-hybridized carbons (Fsp3) is 0.312. The maximum absolute atomic E-state index is 11.0. The summed E-state index contributed by atoms with van der Waals surface area (Å²) in [6.07, 6.45) is 2.13. The number of nitrogens with one attached hydrogen (secondary N) is 1. The van der Waals surface area contributed by atoms with E-state index in [-0.39, 0.29) is 0 Å². The van der Waals surface area contributed by atoms with Gasteiger partial charge in [0.05, 0.1) is 0 Å². The average molecular weight is 253 g/mol. The summed E-state index contributed by atoms with van der Waals surface area (Å²) in [5.41, 5.74) is 4.13. The molecule has 1 aromatic heterocycles. The number of aromatic amines is 1. The van der Waals surface area contributed by atoms with Crippen LogP contribution in [0.4, 0.5) is 0 Å². The highest BCUT2D eigenvalue weighted by Crippen LogP contribution is 2.62. The number of benzene rings is 1.